The average molecular weight is 204 g/mol. The number of hydrogen-bond acceptors (Lipinski definition) is 5. The van der Waals surface area contributed by atoms with Gasteiger partial charge in [-0.25, -0.2) is 9.97 Å². The third-order valence-electron chi connectivity index (χ3n) is 2.32. The molecule has 2 heterocycles. The number of nitrogens with zero attached hydrogens (tertiary/aromatic N) is 3. The number of aromatic nitrogens is 2. The molecule has 1 aromatic heterocycles. The van der Waals surface area contributed by atoms with E-state index in [-0.39, 0.29) is 0 Å². The first-order chi connectivity index (χ1) is 7.38. The van der Waals surface area contributed by atoms with Crippen LogP contribution < -0.4 is 5.32 Å². The third-order valence-corrected chi connectivity index (χ3v) is 2.32. The Hall–Kier alpha value is -1.67. The first kappa shape index (κ1) is 9.87. The molecule has 0 aromatic carbocycles. The summed E-state index contributed by atoms with van der Waals surface area (Å²) in [5.74, 6) is 0.529. The Morgan fingerprint density at radius 2 is 2.27 bits per heavy atom. The molecule has 0 atom stereocenters. The molecule has 78 valence electrons. The van der Waals surface area contributed by atoms with Gasteiger partial charge in [-0.1, -0.05) is 0 Å². The highest BCUT2D eigenvalue weighted by molar-refractivity contribution is 5.31. The van der Waals surface area contributed by atoms with E-state index in [1.54, 1.807) is 12.3 Å². The summed E-state index contributed by atoms with van der Waals surface area (Å²) in [5, 5.41) is 11.9. The second kappa shape index (κ2) is 4.71. The number of hydrogen-bond donors (Lipinski definition) is 1. The van der Waals surface area contributed by atoms with Gasteiger partial charge in [0, 0.05) is 25.5 Å². The lowest BCUT2D eigenvalue weighted by Gasteiger charge is -2.22. The summed E-state index contributed by atoms with van der Waals surface area (Å²) < 4.78 is 5.25. The Balaban J connectivity index is 2.00. The van der Waals surface area contributed by atoms with Crippen molar-refractivity contribution in [2.75, 3.05) is 18.5 Å². The Kier molecular flexibility index (Phi) is 3.10. The largest absolute Gasteiger partial charge is 0.381 e. The molecule has 1 fully saturated rings. The normalized spacial score (nSPS) is 17.0. The van der Waals surface area contributed by atoms with Crippen molar-refractivity contribution in [3.05, 3.63) is 18.0 Å². The van der Waals surface area contributed by atoms with Crippen molar-refractivity contribution in [1.82, 2.24) is 9.97 Å². The molecule has 0 unspecified atom stereocenters. The van der Waals surface area contributed by atoms with Gasteiger partial charge in [0.1, 0.15) is 11.8 Å². The van der Waals surface area contributed by atoms with Crippen LogP contribution in [0.4, 0.5) is 5.95 Å². The van der Waals surface area contributed by atoms with Crippen molar-refractivity contribution >= 4 is 5.95 Å². The topological polar surface area (TPSA) is 70.8 Å². The van der Waals surface area contributed by atoms with Gasteiger partial charge in [-0.3, -0.25) is 0 Å². The fourth-order valence-corrected chi connectivity index (χ4v) is 1.52. The summed E-state index contributed by atoms with van der Waals surface area (Å²) in [5.41, 5.74) is 0.388. The quantitative estimate of drug-likeness (QED) is 0.776. The van der Waals surface area contributed by atoms with Crippen LogP contribution in [0.2, 0.25) is 0 Å². The molecule has 5 nitrogen and oxygen atoms in total. The van der Waals surface area contributed by atoms with E-state index in [4.69, 9.17) is 10.00 Å². The van der Waals surface area contributed by atoms with Crippen LogP contribution in [-0.2, 0) is 4.74 Å². The summed E-state index contributed by atoms with van der Waals surface area (Å²) in [4.78, 5) is 8.13. The van der Waals surface area contributed by atoms with Gasteiger partial charge in [-0.2, -0.15) is 5.26 Å². The summed E-state index contributed by atoms with van der Waals surface area (Å²) in [6.07, 6.45) is 3.51. The molecule has 1 aromatic rings. The molecule has 15 heavy (non-hydrogen) atoms. The van der Waals surface area contributed by atoms with Crippen molar-refractivity contribution in [3.8, 4) is 6.07 Å². The van der Waals surface area contributed by atoms with Crippen molar-refractivity contribution in [2.45, 2.75) is 18.9 Å². The van der Waals surface area contributed by atoms with Crippen LogP contribution in [-0.4, -0.2) is 29.2 Å². The van der Waals surface area contributed by atoms with Gasteiger partial charge in [0.05, 0.1) is 0 Å². The molecular formula is C10H12N4O. The highest BCUT2D eigenvalue weighted by Crippen LogP contribution is 2.11. The van der Waals surface area contributed by atoms with Gasteiger partial charge >= 0.3 is 0 Å². The molecule has 5 heteroatoms. The monoisotopic (exact) mass is 204 g/mol. The van der Waals surface area contributed by atoms with E-state index in [9.17, 15) is 0 Å². The molecule has 2 rings (SSSR count). The first-order valence-corrected chi connectivity index (χ1v) is 4.96. The maximum Gasteiger partial charge on any atom is 0.224 e. The highest BCUT2D eigenvalue weighted by atomic mass is 16.5. The number of anilines is 1. The van der Waals surface area contributed by atoms with Crippen LogP contribution >= 0.6 is 0 Å². The molecule has 0 amide bonds. The molecule has 0 radical (unpaired) electrons. The average Bonchev–Trinajstić information content (AvgIpc) is 2.31. The highest BCUT2D eigenvalue weighted by Gasteiger charge is 2.14. The van der Waals surface area contributed by atoms with Gasteiger partial charge in [0.2, 0.25) is 5.95 Å². The van der Waals surface area contributed by atoms with Crippen LogP contribution in [0.5, 0.6) is 0 Å². The smallest absolute Gasteiger partial charge is 0.224 e. The van der Waals surface area contributed by atoms with Gasteiger partial charge in [-0.15, -0.1) is 0 Å². The standard InChI is InChI=1S/C10H12N4O/c11-7-9-1-4-12-10(14-9)13-8-2-5-15-6-3-8/h1,4,8H,2-3,5-6H2,(H,12,13,14). The Morgan fingerprint density at radius 1 is 1.47 bits per heavy atom. The van der Waals surface area contributed by atoms with Crippen LogP contribution in [0.15, 0.2) is 12.3 Å². The van der Waals surface area contributed by atoms with Gasteiger partial charge in [-0.05, 0) is 18.9 Å². The minimum Gasteiger partial charge on any atom is -0.381 e. The fraction of sp³-hybridized carbons (Fsp3) is 0.500. The lowest BCUT2D eigenvalue weighted by Crippen LogP contribution is -2.28. The SMILES string of the molecule is N#Cc1ccnc(NC2CCOCC2)n1. The maximum atomic E-state index is 8.68. The van der Waals surface area contributed by atoms with Crippen LogP contribution in [0.1, 0.15) is 18.5 Å². The second-order valence-corrected chi connectivity index (χ2v) is 3.41. The maximum absolute atomic E-state index is 8.68. The van der Waals surface area contributed by atoms with E-state index in [1.165, 1.54) is 0 Å². The minimum atomic E-state index is 0.354. The lowest BCUT2D eigenvalue weighted by molar-refractivity contribution is 0.0903. The van der Waals surface area contributed by atoms with E-state index in [2.05, 4.69) is 15.3 Å². The van der Waals surface area contributed by atoms with Gasteiger partial charge in [0.15, 0.2) is 0 Å². The van der Waals surface area contributed by atoms with Gasteiger partial charge < -0.3 is 10.1 Å². The molecule has 1 saturated heterocycles. The van der Waals surface area contributed by atoms with Crippen molar-refractivity contribution in [1.29, 1.82) is 5.26 Å². The summed E-state index contributed by atoms with van der Waals surface area (Å²) in [6, 6.07) is 3.94. The number of nitriles is 1. The van der Waals surface area contributed by atoms with Crippen molar-refractivity contribution in [2.24, 2.45) is 0 Å². The molecule has 0 spiro atoms. The molecule has 1 N–H and O–H groups in total. The third kappa shape index (κ3) is 2.64. The molecule has 1 aliphatic heterocycles. The zero-order chi connectivity index (χ0) is 10.5. The molecule has 0 bridgehead atoms. The Labute approximate surface area is 88.1 Å². The van der Waals surface area contributed by atoms with Crippen LogP contribution in [0.3, 0.4) is 0 Å². The molecular weight excluding hydrogens is 192 g/mol. The molecule has 0 saturated carbocycles. The van der Waals surface area contributed by atoms with Gasteiger partial charge in [0.25, 0.3) is 0 Å². The predicted molar refractivity (Wildman–Crippen MR) is 54.2 cm³/mol. The number of rotatable bonds is 2. The minimum absolute atomic E-state index is 0.354. The Morgan fingerprint density at radius 3 is 3.00 bits per heavy atom. The van der Waals surface area contributed by atoms with E-state index >= 15 is 0 Å². The lowest BCUT2D eigenvalue weighted by atomic mass is 10.1. The van der Waals surface area contributed by atoms with E-state index < -0.39 is 0 Å². The van der Waals surface area contributed by atoms with Crippen molar-refractivity contribution in [3.63, 3.8) is 0 Å². The molecule has 1 aliphatic rings. The molecule has 0 aliphatic carbocycles. The summed E-state index contributed by atoms with van der Waals surface area (Å²) >= 11 is 0. The van der Waals surface area contributed by atoms with E-state index in [1.807, 2.05) is 6.07 Å². The predicted octanol–water partition coefficient (Wildman–Crippen LogP) is 0.939. The van der Waals surface area contributed by atoms with E-state index in [0.29, 0.717) is 17.7 Å². The fourth-order valence-electron chi connectivity index (χ4n) is 1.52. The number of ether oxygens (including phenoxy) is 1. The van der Waals surface area contributed by atoms with Crippen LogP contribution in [0, 0.1) is 11.3 Å². The summed E-state index contributed by atoms with van der Waals surface area (Å²) in [7, 11) is 0. The second-order valence-electron chi connectivity index (χ2n) is 3.41. The van der Waals surface area contributed by atoms with Crippen molar-refractivity contribution < 1.29 is 4.74 Å². The number of nitrogens with one attached hydrogen (secondary N) is 1. The van der Waals surface area contributed by atoms with Crippen LogP contribution in [0.25, 0.3) is 0 Å². The van der Waals surface area contributed by atoms with E-state index in [0.717, 1.165) is 26.1 Å². The zero-order valence-corrected chi connectivity index (χ0v) is 8.31. The zero-order valence-electron chi connectivity index (χ0n) is 8.31. The first-order valence-electron chi connectivity index (χ1n) is 4.96. The Bertz CT molecular complexity index is 368. The summed E-state index contributed by atoms with van der Waals surface area (Å²) in [6.45, 7) is 1.55.